The Bertz CT molecular complexity index is 2760. The van der Waals surface area contributed by atoms with E-state index in [2.05, 4.69) is 158 Å². The molecule has 0 spiro atoms. The Morgan fingerprint density at radius 2 is 0.756 bits per heavy atom. The third kappa shape index (κ3) is 3.56. The van der Waals surface area contributed by atoms with Gasteiger partial charge in [-0.2, -0.15) is 0 Å². The predicted molar refractivity (Wildman–Crippen MR) is 192 cm³/mol. The van der Waals surface area contributed by atoms with Crippen molar-refractivity contribution in [3.63, 3.8) is 0 Å². The minimum atomic E-state index is 0.915. The monoisotopic (exact) mass is 570 g/mol. The molecule has 0 unspecified atom stereocenters. The lowest BCUT2D eigenvalue weighted by molar-refractivity contribution is 0.669. The first-order valence-electron chi connectivity index (χ1n) is 15.5. The van der Waals surface area contributed by atoms with Gasteiger partial charge < -0.3 is 4.42 Å². The van der Waals surface area contributed by atoms with Crippen molar-refractivity contribution in [2.75, 3.05) is 0 Å². The molecule has 0 saturated heterocycles. The summed E-state index contributed by atoms with van der Waals surface area (Å²) < 4.78 is 6.51. The average molecular weight is 571 g/mol. The molecule has 1 aromatic heterocycles. The van der Waals surface area contributed by atoms with Crippen molar-refractivity contribution in [2.45, 2.75) is 0 Å². The van der Waals surface area contributed by atoms with Crippen LogP contribution < -0.4 is 0 Å². The van der Waals surface area contributed by atoms with E-state index in [1.54, 1.807) is 0 Å². The van der Waals surface area contributed by atoms with E-state index in [0.29, 0.717) is 0 Å². The number of fused-ring (bicyclic) bond motifs is 10. The first-order chi connectivity index (χ1) is 22.3. The molecule has 10 rings (SSSR count). The molecule has 0 aliphatic heterocycles. The molecule has 0 radical (unpaired) electrons. The van der Waals surface area contributed by atoms with Crippen LogP contribution in [0.25, 0.3) is 98.1 Å². The highest BCUT2D eigenvalue weighted by atomic mass is 16.3. The molecule has 0 fully saturated rings. The molecule has 0 N–H and O–H groups in total. The van der Waals surface area contributed by atoms with Gasteiger partial charge in [0, 0.05) is 10.8 Å². The fourth-order valence-electron chi connectivity index (χ4n) is 7.62. The maximum Gasteiger partial charge on any atom is 0.136 e. The summed E-state index contributed by atoms with van der Waals surface area (Å²) in [5.41, 5.74) is 6.75. The summed E-state index contributed by atoms with van der Waals surface area (Å²) in [5.74, 6) is 0. The fourth-order valence-corrected chi connectivity index (χ4v) is 7.62. The van der Waals surface area contributed by atoms with E-state index in [1.807, 2.05) is 0 Å². The molecule has 0 amide bonds. The molecule has 1 heteroatoms. The first kappa shape index (κ1) is 24.5. The molecule has 0 bridgehead atoms. The Hall–Kier alpha value is -5.92. The number of furan rings is 1. The Morgan fingerprint density at radius 3 is 1.42 bits per heavy atom. The second-order valence-corrected chi connectivity index (χ2v) is 12.0. The highest BCUT2D eigenvalue weighted by Crippen LogP contribution is 2.45. The van der Waals surface area contributed by atoms with Gasteiger partial charge in [-0.25, -0.2) is 0 Å². The van der Waals surface area contributed by atoms with Crippen LogP contribution in [-0.2, 0) is 0 Å². The smallest absolute Gasteiger partial charge is 0.136 e. The molecule has 9 aromatic carbocycles. The lowest BCUT2D eigenvalue weighted by atomic mass is 9.85. The molecule has 1 heterocycles. The summed E-state index contributed by atoms with van der Waals surface area (Å²) in [5, 5.41) is 14.9. The van der Waals surface area contributed by atoms with Gasteiger partial charge in [-0.05, 0) is 100 Å². The van der Waals surface area contributed by atoms with Crippen LogP contribution in [0.15, 0.2) is 162 Å². The maximum absolute atomic E-state index is 6.51. The molecular weight excluding hydrogens is 544 g/mol. The number of rotatable bonds is 2. The van der Waals surface area contributed by atoms with Gasteiger partial charge in [0.1, 0.15) is 11.2 Å². The molecule has 0 atom stereocenters. The van der Waals surface area contributed by atoms with Crippen LogP contribution in [0.4, 0.5) is 0 Å². The van der Waals surface area contributed by atoms with Crippen molar-refractivity contribution in [2.24, 2.45) is 0 Å². The van der Waals surface area contributed by atoms with Crippen LogP contribution in [-0.4, -0.2) is 0 Å². The quantitative estimate of drug-likeness (QED) is 0.149. The van der Waals surface area contributed by atoms with Crippen LogP contribution in [0.3, 0.4) is 0 Å². The maximum atomic E-state index is 6.51. The standard InChI is InChI=1S/C44H26O/c1-3-11-32-27(9-1)17-18-29-25-30(19-22-33(29)32)42-35-13-5-7-15-37(35)43(38-16-8-6-14-36(38)42)31-20-23-39-41(26-31)45-40-24-21-28-10-2-4-12-34(28)44(39)40/h1-26H. The zero-order valence-electron chi connectivity index (χ0n) is 24.4. The van der Waals surface area contributed by atoms with Crippen molar-refractivity contribution in [3.05, 3.63) is 158 Å². The third-order valence-corrected chi connectivity index (χ3v) is 9.62. The Kier molecular flexibility index (Phi) is 5.06. The van der Waals surface area contributed by atoms with Gasteiger partial charge in [0.25, 0.3) is 0 Å². The van der Waals surface area contributed by atoms with Crippen LogP contribution in [0, 0.1) is 0 Å². The second kappa shape index (κ2) is 9.29. The van der Waals surface area contributed by atoms with Crippen molar-refractivity contribution < 1.29 is 4.42 Å². The van der Waals surface area contributed by atoms with E-state index in [-0.39, 0.29) is 0 Å². The summed E-state index contributed by atoms with van der Waals surface area (Å²) >= 11 is 0. The summed E-state index contributed by atoms with van der Waals surface area (Å²) in [6.45, 7) is 0. The Morgan fingerprint density at radius 1 is 0.289 bits per heavy atom. The normalized spacial score (nSPS) is 12.0. The van der Waals surface area contributed by atoms with E-state index in [1.165, 1.54) is 75.9 Å². The van der Waals surface area contributed by atoms with E-state index < -0.39 is 0 Å². The average Bonchev–Trinajstić information content (AvgIpc) is 3.48. The van der Waals surface area contributed by atoms with E-state index in [9.17, 15) is 0 Å². The molecular formula is C44H26O. The number of hydrogen-bond acceptors (Lipinski definition) is 1. The summed E-state index contributed by atoms with van der Waals surface area (Å²) in [6, 6.07) is 57.4. The highest BCUT2D eigenvalue weighted by Gasteiger charge is 2.18. The largest absolute Gasteiger partial charge is 0.456 e. The van der Waals surface area contributed by atoms with Crippen LogP contribution in [0.1, 0.15) is 0 Å². The predicted octanol–water partition coefficient (Wildman–Crippen LogP) is 12.7. The van der Waals surface area contributed by atoms with Gasteiger partial charge in [0.15, 0.2) is 0 Å². The molecule has 0 aliphatic carbocycles. The van der Waals surface area contributed by atoms with Crippen LogP contribution in [0.2, 0.25) is 0 Å². The first-order valence-corrected chi connectivity index (χ1v) is 15.5. The van der Waals surface area contributed by atoms with E-state index >= 15 is 0 Å². The summed E-state index contributed by atoms with van der Waals surface area (Å²) in [4.78, 5) is 0. The number of benzene rings is 9. The summed E-state index contributed by atoms with van der Waals surface area (Å²) in [7, 11) is 0. The minimum Gasteiger partial charge on any atom is -0.456 e. The topological polar surface area (TPSA) is 13.1 Å². The SMILES string of the molecule is c1ccc2c(c1)ccc1cc(-c3c4ccccc4c(-c4ccc5c(c4)oc4ccc6ccccc6c45)c4ccccc34)ccc12. The van der Waals surface area contributed by atoms with Crippen molar-refractivity contribution in [3.8, 4) is 22.3 Å². The molecule has 10 aromatic rings. The van der Waals surface area contributed by atoms with Gasteiger partial charge in [0.05, 0.1) is 0 Å². The molecule has 0 aliphatic rings. The van der Waals surface area contributed by atoms with Crippen molar-refractivity contribution in [1.29, 1.82) is 0 Å². The fraction of sp³-hybridized carbons (Fsp3) is 0. The highest BCUT2D eigenvalue weighted by molar-refractivity contribution is 6.24. The molecule has 45 heavy (non-hydrogen) atoms. The Labute approximate surface area is 259 Å². The third-order valence-electron chi connectivity index (χ3n) is 9.62. The van der Waals surface area contributed by atoms with Crippen LogP contribution in [0.5, 0.6) is 0 Å². The molecule has 1 nitrogen and oxygen atoms in total. The zero-order chi connectivity index (χ0) is 29.5. The van der Waals surface area contributed by atoms with Crippen LogP contribution >= 0.6 is 0 Å². The second-order valence-electron chi connectivity index (χ2n) is 12.0. The minimum absolute atomic E-state index is 0.915. The van der Waals surface area contributed by atoms with Gasteiger partial charge in [-0.1, -0.05) is 133 Å². The lowest BCUT2D eigenvalue weighted by Crippen LogP contribution is -1.91. The lowest BCUT2D eigenvalue weighted by Gasteiger charge is -2.18. The molecule has 0 saturated carbocycles. The van der Waals surface area contributed by atoms with E-state index in [0.717, 1.165) is 22.1 Å². The van der Waals surface area contributed by atoms with Gasteiger partial charge in [0.2, 0.25) is 0 Å². The molecule has 208 valence electrons. The summed E-state index contributed by atoms with van der Waals surface area (Å²) in [6.07, 6.45) is 0. The van der Waals surface area contributed by atoms with Crippen molar-refractivity contribution >= 4 is 75.8 Å². The Balaban J connectivity index is 1.25. The van der Waals surface area contributed by atoms with Crippen molar-refractivity contribution in [1.82, 2.24) is 0 Å². The van der Waals surface area contributed by atoms with E-state index in [4.69, 9.17) is 4.42 Å². The van der Waals surface area contributed by atoms with Gasteiger partial charge >= 0.3 is 0 Å². The van der Waals surface area contributed by atoms with Gasteiger partial charge in [-0.15, -0.1) is 0 Å². The van der Waals surface area contributed by atoms with Gasteiger partial charge in [-0.3, -0.25) is 0 Å². The zero-order valence-corrected chi connectivity index (χ0v) is 24.4. The number of hydrogen-bond donors (Lipinski definition) is 0.